The van der Waals surface area contributed by atoms with E-state index in [0.29, 0.717) is 58.2 Å². The van der Waals surface area contributed by atoms with Gasteiger partial charge in [-0.25, -0.2) is 0 Å². The molecule has 11 heteroatoms. The van der Waals surface area contributed by atoms with Crippen molar-refractivity contribution in [1.29, 1.82) is 0 Å². The molecule has 3 aliphatic heterocycles. The molecule has 4 N–H and O–H groups in total. The fourth-order valence-electron chi connectivity index (χ4n) is 4.69. The third-order valence-corrected chi connectivity index (χ3v) is 6.11. The van der Waals surface area contributed by atoms with E-state index in [1.165, 1.54) is 9.80 Å². The Morgan fingerprint density at radius 3 is 1.80 bits per heavy atom. The number of carbonyl (C=O) groups is 5. The monoisotopic (exact) mass is 423 g/mol. The predicted octanol–water partition coefficient (Wildman–Crippen LogP) is -1.88. The zero-order valence-electron chi connectivity index (χ0n) is 16.9. The molecule has 0 aromatic heterocycles. The molecular weight excluding hydrogens is 394 g/mol. The van der Waals surface area contributed by atoms with E-state index in [9.17, 15) is 24.0 Å². The summed E-state index contributed by atoms with van der Waals surface area (Å²) in [4.78, 5) is 66.0. The molecule has 0 radical (unpaired) electrons. The molecule has 4 amide bonds. The minimum absolute atomic E-state index is 0.160. The van der Waals surface area contributed by atoms with Gasteiger partial charge in [0.1, 0.15) is 24.7 Å². The van der Waals surface area contributed by atoms with Gasteiger partial charge in [-0.15, -0.1) is 0 Å². The highest BCUT2D eigenvalue weighted by atomic mass is 16.4. The van der Waals surface area contributed by atoms with Gasteiger partial charge in [0.15, 0.2) is 0 Å². The van der Waals surface area contributed by atoms with Crippen molar-refractivity contribution in [3.63, 3.8) is 0 Å². The lowest BCUT2D eigenvalue weighted by Crippen LogP contribution is -2.56. The van der Waals surface area contributed by atoms with Gasteiger partial charge >= 0.3 is 5.97 Å². The number of likely N-dealkylation sites (tertiary alicyclic amines) is 3. The quantitative estimate of drug-likeness (QED) is 0.452. The molecule has 3 saturated heterocycles. The third-order valence-electron chi connectivity index (χ3n) is 6.11. The van der Waals surface area contributed by atoms with Crippen LogP contribution in [0, 0.1) is 0 Å². The van der Waals surface area contributed by atoms with Crippen LogP contribution in [0.3, 0.4) is 0 Å². The van der Waals surface area contributed by atoms with E-state index in [-0.39, 0.29) is 24.3 Å². The summed E-state index contributed by atoms with van der Waals surface area (Å²) < 4.78 is 0. The van der Waals surface area contributed by atoms with Gasteiger partial charge < -0.3 is 30.9 Å². The average Bonchev–Trinajstić information content (AvgIpc) is 3.49. The van der Waals surface area contributed by atoms with Gasteiger partial charge in [-0.2, -0.15) is 0 Å². The van der Waals surface area contributed by atoms with Gasteiger partial charge in [0, 0.05) is 19.6 Å². The van der Waals surface area contributed by atoms with Crippen molar-refractivity contribution in [2.75, 3.05) is 32.7 Å². The number of nitrogens with two attached hydrogens (primary N) is 1. The van der Waals surface area contributed by atoms with Crippen molar-refractivity contribution in [3.05, 3.63) is 0 Å². The number of hydrogen-bond acceptors (Lipinski definition) is 6. The fraction of sp³-hybridized carbons (Fsp3) is 0.737. The number of nitrogens with zero attached hydrogens (tertiary/aromatic N) is 3. The zero-order valence-corrected chi connectivity index (χ0v) is 16.9. The largest absolute Gasteiger partial charge is 0.480 e. The van der Waals surface area contributed by atoms with E-state index in [2.05, 4.69) is 5.32 Å². The van der Waals surface area contributed by atoms with Crippen molar-refractivity contribution in [3.8, 4) is 0 Å². The van der Waals surface area contributed by atoms with Crippen molar-refractivity contribution in [2.24, 2.45) is 5.73 Å². The Morgan fingerprint density at radius 1 is 0.800 bits per heavy atom. The molecule has 166 valence electrons. The maximum Gasteiger partial charge on any atom is 0.322 e. The van der Waals surface area contributed by atoms with Gasteiger partial charge in [-0.1, -0.05) is 0 Å². The fourth-order valence-corrected chi connectivity index (χ4v) is 4.69. The van der Waals surface area contributed by atoms with Gasteiger partial charge in [0.25, 0.3) is 0 Å². The number of aliphatic carboxylic acids is 1. The van der Waals surface area contributed by atoms with Gasteiger partial charge in [-0.3, -0.25) is 24.0 Å². The lowest BCUT2D eigenvalue weighted by atomic mass is 10.1. The second-order valence-electron chi connectivity index (χ2n) is 7.94. The molecular formula is C19H29N5O6. The molecule has 3 heterocycles. The van der Waals surface area contributed by atoms with E-state index in [1.54, 1.807) is 4.90 Å². The van der Waals surface area contributed by atoms with Crippen LogP contribution in [-0.2, 0) is 24.0 Å². The van der Waals surface area contributed by atoms with Crippen LogP contribution in [0.1, 0.15) is 38.5 Å². The Balaban J connectivity index is 1.69. The summed E-state index contributed by atoms with van der Waals surface area (Å²) in [5.74, 6) is -2.45. The molecule has 0 aromatic rings. The first kappa shape index (κ1) is 22.0. The van der Waals surface area contributed by atoms with Crippen LogP contribution < -0.4 is 11.1 Å². The minimum Gasteiger partial charge on any atom is -0.480 e. The molecule has 30 heavy (non-hydrogen) atoms. The van der Waals surface area contributed by atoms with E-state index < -0.39 is 36.5 Å². The highest BCUT2D eigenvalue weighted by molar-refractivity contribution is 5.95. The topological polar surface area (TPSA) is 153 Å². The van der Waals surface area contributed by atoms with Crippen molar-refractivity contribution < 1.29 is 29.1 Å². The Hall–Kier alpha value is -2.69. The molecule has 3 fully saturated rings. The maximum atomic E-state index is 13.2. The van der Waals surface area contributed by atoms with E-state index in [4.69, 9.17) is 10.8 Å². The smallest absolute Gasteiger partial charge is 0.322 e. The number of rotatable bonds is 6. The number of hydrogen-bond donors (Lipinski definition) is 3. The minimum atomic E-state index is -1.15. The molecule has 0 aliphatic carbocycles. The molecule has 0 bridgehead atoms. The van der Waals surface area contributed by atoms with E-state index in [1.807, 2.05) is 0 Å². The molecule has 0 saturated carbocycles. The molecule has 0 unspecified atom stereocenters. The van der Waals surface area contributed by atoms with Crippen molar-refractivity contribution in [2.45, 2.75) is 56.7 Å². The summed E-state index contributed by atoms with van der Waals surface area (Å²) >= 11 is 0. The van der Waals surface area contributed by atoms with Crippen LogP contribution in [0.5, 0.6) is 0 Å². The number of carboxylic acids is 1. The number of amides is 4. The Morgan fingerprint density at radius 2 is 1.27 bits per heavy atom. The number of carboxylic acid groups (broad SMARTS) is 1. The summed E-state index contributed by atoms with van der Waals surface area (Å²) in [6.45, 7) is 0.645. The van der Waals surface area contributed by atoms with Crippen LogP contribution in [0.25, 0.3) is 0 Å². The Bertz CT molecular complexity index is 728. The molecule has 11 nitrogen and oxygen atoms in total. The van der Waals surface area contributed by atoms with Crippen LogP contribution in [0.15, 0.2) is 0 Å². The van der Waals surface area contributed by atoms with Gasteiger partial charge in [0.2, 0.25) is 23.6 Å². The van der Waals surface area contributed by atoms with Crippen LogP contribution in [-0.4, -0.2) is 100 Å². The SMILES string of the molecule is NCC(=O)N1CCC[C@H]1C(=O)N1CCC[C@H]1C(=O)N1CCC[C@H]1C(=O)NCC(=O)O. The molecule has 0 spiro atoms. The van der Waals surface area contributed by atoms with E-state index >= 15 is 0 Å². The van der Waals surface area contributed by atoms with E-state index in [0.717, 1.165) is 0 Å². The summed E-state index contributed by atoms with van der Waals surface area (Å²) in [7, 11) is 0. The Labute approximate surface area is 174 Å². The predicted molar refractivity (Wildman–Crippen MR) is 104 cm³/mol. The molecule has 3 rings (SSSR count). The maximum absolute atomic E-state index is 13.2. The Kier molecular flexibility index (Phi) is 6.91. The molecule has 3 atom stereocenters. The second-order valence-corrected chi connectivity index (χ2v) is 7.94. The average molecular weight is 423 g/mol. The van der Waals surface area contributed by atoms with Crippen molar-refractivity contribution >= 4 is 29.6 Å². The van der Waals surface area contributed by atoms with Crippen LogP contribution >= 0.6 is 0 Å². The standard InChI is InChI=1S/C19H29N5O6/c20-10-15(25)22-7-2-5-13(22)18(29)24-9-3-6-14(24)19(30)23-8-1-4-12(23)17(28)21-11-16(26)27/h12-14H,1-11,20H2,(H,21,28)(H,26,27)/t12-,13-,14-/m0/s1. The second kappa shape index (κ2) is 9.41. The van der Waals surface area contributed by atoms with Crippen LogP contribution in [0.2, 0.25) is 0 Å². The highest BCUT2D eigenvalue weighted by Gasteiger charge is 2.45. The lowest BCUT2D eigenvalue weighted by molar-refractivity contribution is -0.150. The molecule has 3 aliphatic rings. The third kappa shape index (κ3) is 4.40. The summed E-state index contributed by atoms with van der Waals surface area (Å²) in [5.41, 5.74) is 5.46. The number of carbonyl (C=O) groups excluding carboxylic acids is 4. The van der Waals surface area contributed by atoms with Crippen molar-refractivity contribution in [1.82, 2.24) is 20.0 Å². The number of nitrogens with one attached hydrogen (secondary N) is 1. The normalized spacial score (nSPS) is 26.2. The summed E-state index contributed by atoms with van der Waals surface area (Å²) in [5, 5.41) is 11.1. The first-order valence-electron chi connectivity index (χ1n) is 10.4. The lowest BCUT2D eigenvalue weighted by Gasteiger charge is -2.33. The van der Waals surface area contributed by atoms with Gasteiger partial charge in [-0.05, 0) is 38.5 Å². The highest BCUT2D eigenvalue weighted by Crippen LogP contribution is 2.28. The summed E-state index contributed by atoms with van der Waals surface area (Å²) in [6, 6.07) is -1.99. The first-order valence-corrected chi connectivity index (χ1v) is 10.4. The van der Waals surface area contributed by atoms with Gasteiger partial charge in [0.05, 0.1) is 6.54 Å². The first-order chi connectivity index (χ1) is 14.3. The molecule has 0 aromatic carbocycles. The van der Waals surface area contributed by atoms with Crippen LogP contribution in [0.4, 0.5) is 0 Å². The zero-order chi connectivity index (χ0) is 21.8. The summed E-state index contributed by atoms with van der Waals surface area (Å²) in [6.07, 6.45) is 3.53.